The number of aliphatic carboxylic acids is 1. The maximum atomic E-state index is 13.0. The summed E-state index contributed by atoms with van der Waals surface area (Å²) in [7, 11) is 0. The fourth-order valence-electron chi connectivity index (χ4n) is 2.70. The Morgan fingerprint density at radius 1 is 0.935 bits per heavy atom. The Balaban J connectivity index is 5.51. The van der Waals surface area contributed by atoms with E-state index in [9.17, 15) is 29.4 Å². The van der Waals surface area contributed by atoms with E-state index in [1.807, 2.05) is 13.2 Å². The normalized spacial score (nSPS) is 17.1. The number of amides is 3. The molecular weight excluding hydrogens is 424 g/mol. The molecular formula is C20H38N4O6S. The number of carbonyl (C=O) groups excluding carboxylic acids is 3. The highest BCUT2D eigenvalue weighted by atomic mass is 32.2. The van der Waals surface area contributed by atoms with Crippen molar-refractivity contribution in [3.05, 3.63) is 0 Å². The van der Waals surface area contributed by atoms with Gasteiger partial charge in [-0.2, -0.15) is 11.8 Å². The number of hydrogen-bond acceptors (Lipinski definition) is 7. The number of rotatable bonds is 14. The summed E-state index contributed by atoms with van der Waals surface area (Å²) in [5.74, 6) is -3.05. The molecule has 0 fully saturated rings. The van der Waals surface area contributed by atoms with Gasteiger partial charge in [0.1, 0.15) is 24.2 Å². The largest absolute Gasteiger partial charge is 0.480 e. The van der Waals surface area contributed by atoms with Crippen LogP contribution in [0.2, 0.25) is 0 Å². The van der Waals surface area contributed by atoms with Crippen molar-refractivity contribution < 1.29 is 29.4 Å². The van der Waals surface area contributed by atoms with Gasteiger partial charge in [-0.15, -0.1) is 0 Å². The molecule has 6 atom stereocenters. The van der Waals surface area contributed by atoms with Crippen LogP contribution in [0.3, 0.4) is 0 Å². The average Bonchev–Trinajstić information content (AvgIpc) is 2.70. The number of nitrogens with one attached hydrogen (secondary N) is 3. The van der Waals surface area contributed by atoms with Crippen molar-refractivity contribution >= 4 is 35.5 Å². The fourth-order valence-corrected chi connectivity index (χ4v) is 3.18. The molecule has 0 aromatic carbocycles. The highest BCUT2D eigenvalue weighted by Crippen LogP contribution is 2.11. The van der Waals surface area contributed by atoms with Crippen molar-refractivity contribution in [2.75, 3.05) is 12.0 Å². The van der Waals surface area contributed by atoms with E-state index >= 15 is 0 Å². The summed E-state index contributed by atoms with van der Waals surface area (Å²) in [5, 5.41) is 26.6. The summed E-state index contributed by atoms with van der Waals surface area (Å²) in [6, 6.07) is -4.21. The summed E-state index contributed by atoms with van der Waals surface area (Å²) in [5.41, 5.74) is 5.66. The molecule has 0 aromatic heterocycles. The minimum Gasteiger partial charge on any atom is -0.480 e. The van der Waals surface area contributed by atoms with E-state index in [4.69, 9.17) is 5.73 Å². The maximum Gasteiger partial charge on any atom is 0.326 e. The minimum absolute atomic E-state index is 0.267. The molecule has 0 aliphatic heterocycles. The zero-order valence-corrected chi connectivity index (χ0v) is 20.0. The van der Waals surface area contributed by atoms with Gasteiger partial charge in [0.25, 0.3) is 0 Å². The topological polar surface area (TPSA) is 171 Å². The Morgan fingerprint density at radius 2 is 1.48 bits per heavy atom. The summed E-state index contributed by atoms with van der Waals surface area (Å²) in [6.07, 6.45) is 1.62. The molecule has 10 nitrogen and oxygen atoms in total. The molecule has 0 spiro atoms. The van der Waals surface area contributed by atoms with Crippen LogP contribution in [0.15, 0.2) is 0 Å². The number of aliphatic hydroxyl groups excluding tert-OH is 1. The molecule has 31 heavy (non-hydrogen) atoms. The molecule has 0 bridgehead atoms. The molecule has 0 aliphatic carbocycles. The number of thioether (sulfide) groups is 1. The zero-order chi connectivity index (χ0) is 24.3. The second-order valence-corrected chi connectivity index (χ2v) is 9.03. The molecule has 0 rings (SSSR count). The Kier molecular flexibility index (Phi) is 13.4. The van der Waals surface area contributed by atoms with Gasteiger partial charge in [-0.05, 0) is 37.2 Å². The number of aliphatic hydroxyl groups is 1. The van der Waals surface area contributed by atoms with Crippen LogP contribution in [-0.2, 0) is 19.2 Å². The first-order chi connectivity index (χ1) is 14.4. The summed E-state index contributed by atoms with van der Waals surface area (Å²) < 4.78 is 0. The number of hydrogen-bond donors (Lipinski definition) is 6. The monoisotopic (exact) mass is 462 g/mol. The predicted octanol–water partition coefficient (Wildman–Crippen LogP) is -0.311. The lowest BCUT2D eigenvalue weighted by atomic mass is 9.97. The number of carboxylic acids is 1. The molecule has 0 aliphatic rings. The number of nitrogens with two attached hydrogens (primary N) is 1. The van der Waals surface area contributed by atoms with E-state index in [-0.39, 0.29) is 18.3 Å². The zero-order valence-electron chi connectivity index (χ0n) is 19.2. The smallest absolute Gasteiger partial charge is 0.326 e. The van der Waals surface area contributed by atoms with Crippen molar-refractivity contribution in [1.82, 2.24) is 16.0 Å². The molecule has 0 saturated heterocycles. The van der Waals surface area contributed by atoms with Gasteiger partial charge in [0.2, 0.25) is 17.7 Å². The predicted molar refractivity (Wildman–Crippen MR) is 120 cm³/mol. The maximum absolute atomic E-state index is 13.0. The second-order valence-electron chi connectivity index (χ2n) is 8.05. The second kappa shape index (κ2) is 14.3. The summed E-state index contributed by atoms with van der Waals surface area (Å²) in [4.78, 5) is 49.4. The summed E-state index contributed by atoms with van der Waals surface area (Å²) in [6.45, 7) is 8.35. The van der Waals surface area contributed by atoms with E-state index in [1.165, 1.54) is 18.7 Å². The molecule has 0 saturated carbocycles. The molecule has 6 unspecified atom stereocenters. The van der Waals surface area contributed by atoms with Gasteiger partial charge >= 0.3 is 5.97 Å². The van der Waals surface area contributed by atoms with Crippen LogP contribution < -0.4 is 21.7 Å². The van der Waals surface area contributed by atoms with Gasteiger partial charge in [0.15, 0.2) is 0 Å². The van der Waals surface area contributed by atoms with Crippen molar-refractivity contribution in [3.63, 3.8) is 0 Å². The van der Waals surface area contributed by atoms with Crippen LogP contribution in [0.25, 0.3) is 0 Å². The standard InChI is InChI=1S/C20H38N4O6S/c1-7-11(4)16(24-18(27)14(21)12(5)25)19(28)22-13(8-9-31-6)17(26)23-15(10(2)3)20(29)30/h10-16,25H,7-9,21H2,1-6H3,(H,22,28)(H,23,26)(H,24,27)(H,29,30). The Morgan fingerprint density at radius 3 is 1.90 bits per heavy atom. The first-order valence-corrected chi connectivity index (χ1v) is 11.8. The van der Waals surface area contributed by atoms with E-state index < -0.39 is 54.0 Å². The van der Waals surface area contributed by atoms with Gasteiger partial charge in [-0.25, -0.2) is 4.79 Å². The van der Waals surface area contributed by atoms with E-state index in [0.717, 1.165) is 0 Å². The quantitative estimate of drug-likeness (QED) is 0.204. The fraction of sp³-hybridized carbons (Fsp3) is 0.800. The Labute approximate surface area is 188 Å². The molecule has 180 valence electrons. The van der Waals surface area contributed by atoms with E-state index in [1.54, 1.807) is 20.8 Å². The van der Waals surface area contributed by atoms with Gasteiger partial charge in [-0.3, -0.25) is 14.4 Å². The molecule has 7 N–H and O–H groups in total. The molecule has 0 heterocycles. The SMILES string of the molecule is CCC(C)C(NC(=O)C(N)C(C)O)C(=O)NC(CCSC)C(=O)NC(C(=O)O)C(C)C. The van der Waals surface area contributed by atoms with Gasteiger partial charge in [-0.1, -0.05) is 34.1 Å². The lowest BCUT2D eigenvalue weighted by molar-refractivity contribution is -0.143. The summed E-state index contributed by atoms with van der Waals surface area (Å²) >= 11 is 1.48. The third-order valence-electron chi connectivity index (χ3n) is 5.09. The molecule has 0 aromatic rings. The third kappa shape index (κ3) is 9.88. The van der Waals surface area contributed by atoms with Crippen LogP contribution in [0.1, 0.15) is 47.5 Å². The first-order valence-electron chi connectivity index (χ1n) is 10.4. The van der Waals surface area contributed by atoms with Crippen LogP contribution >= 0.6 is 11.8 Å². The Bertz CT molecular complexity index is 616. The lowest BCUT2D eigenvalue weighted by Crippen LogP contribution is -2.60. The number of carbonyl (C=O) groups is 4. The van der Waals surface area contributed by atoms with Crippen LogP contribution in [0.5, 0.6) is 0 Å². The van der Waals surface area contributed by atoms with Crippen LogP contribution in [0, 0.1) is 11.8 Å². The van der Waals surface area contributed by atoms with Crippen LogP contribution in [-0.4, -0.2) is 76.2 Å². The van der Waals surface area contributed by atoms with Crippen molar-refractivity contribution in [1.29, 1.82) is 0 Å². The average molecular weight is 463 g/mol. The van der Waals surface area contributed by atoms with Crippen molar-refractivity contribution in [2.24, 2.45) is 17.6 Å². The lowest BCUT2D eigenvalue weighted by Gasteiger charge is -2.28. The van der Waals surface area contributed by atoms with Gasteiger partial charge in [0, 0.05) is 0 Å². The number of carboxylic acid groups (broad SMARTS) is 1. The highest BCUT2D eigenvalue weighted by Gasteiger charge is 2.33. The van der Waals surface area contributed by atoms with Crippen molar-refractivity contribution in [2.45, 2.75) is 77.7 Å². The highest BCUT2D eigenvalue weighted by molar-refractivity contribution is 7.98. The van der Waals surface area contributed by atoms with Crippen LogP contribution in [0.4, 0.5) is 0 Å². The van der Waals surface area contributed by atoms with Gasteiger partial charge in [0.05, 0.1) is 6.10 Å². The van der Waals surface area contributed by atoms with E-state index in [2.05, 4.69) is 16.0 Å². The minimum atomic E-state index is -1.20. The Hall–Kier alpha value is -1.85. The molecule has 3 amide bonds. The van der Waals surface area contributed by atoms with E-state index in [0.29, 0.717) is 12.2 Å². The van der Waals surface area contributed by atoms with Crippen molar-refractivity contribution in [3.8, 4) is 0 Å². The molecule has 11 heteroatoms. The third-order valence-corrected chi connectivity index (χ3v) is 5.73. The van der Waals surface area contributed by atoms with Gasteiger partial charge < -0.3 is 31.9 Å². The first kappa shape index (κ1) is 29.1. The molecule has 0 radical (unpaired) electrons.